The van der Waals surface area contributed by atoms with E-state index < -0.39 is 0 Å². The summed E-state index contributed by atoms with van der Waals surface area (Å²) >= 11 is 1.90. The summed E-state index contributed by atoms with van der Waals surface area (Å²) in [4.78, 5) is 0. The predicted octanol–water partition coefficient (Wildman–Crippen LogP) is 1.96. The van der Waals surface area contributed by atoms with Crippen LogP contribution in [0.5, 0.6) is 0 Å². The Kier molecular flexibility index (Phi) is 5.19. The summed E-state index contributed by atoms with van der Waals surface area (Å²) in [5.41, 5.74) is 2.34. The summed E-state index contributed by atoms with van der Waals surface area (Å²) in [5, 5.41) is 7.84. The maximum Gasteiger partial charge on any atom is 0.0597 e. The maximum atomic E-state index is 4.32. The molecular weight excluding hydrogens is 206 g/mol. The summed E-state index contributed by atoms with van der Waals surface area (Å²) in [6, 6.07) is 2.71. The van der Waals surface area contributed by atoms with E-state index in [1.807, 2.05) is 30.4 Å². The van der Waals surface area contributed by atoms with Crippen LogP contribution in [0.2, 0.25) is 0 Å². The topological polar surface area (TPSA) is 29.9 Å². The molecule has 1 aromatic heterocycles. The van der Waals surface area contributed by atoms with Crippen molar-refractivity contribution < 1.29 is 0 Å². The molecule has 15 heavy (non-hydrogen) atoms. The quantitative estimate of drug-likeness (QED) is 0.805. The Labute approximate surface area is 96.6 Å². The van der Waals surface area contributed by atoms with Crippen LogP contribution in [0.15, 0.2) is 6.07 Å². The lowest BCUT2D eigenvalue weighted by Crippen LogP contribution is -2.26. The summed E-state index contributed by atoms with van der Waals surface area (Å²) in [7, 11) is 2.00. The zero-order valence-electron chi connectivity index (χ0n) is 10.1. The van der Waals surface area contributed by atoms with Crippen LogP contribution in [0.25, 0.3) is 0 Å². The molecule has 1 N–H and O–H groups in total. The van der Waals surface area contributed by atoms with E-state index in [0.29, 0.717) is 6.04 Å². The van der Waals surface area contributed by atoms with Gasteiger partial charge in [0, 0.05) is 19.6 Å². The summed E-state index contributed by atoms with van der Waals surface area (Å²) in [6.07, 6.45) is 3.37. The monoisotopic (exact) mass is 227 g/mol. The van der Waals surface area contributed by atoms with E-state index in [2.05, 4.69) is 29.7 Å². The summed E-state index contributed by atoms with van der Waals surface area (Å²) in [5.74, 6) is 1.22. The third kappa shape index (κ3) is 4.26. The van der Waals surface area contributed by atoms with Gasteiger partial charge in [0.05, 0.1) is 11.4 Å². The first kappa shape index (κ1) is 12.6. The van der Waals surface area contributed by atoms with E-state index in [9.17, 15) is 0 Å². The van der Waals surface area contributed by atoms with Crippen LogP contribution < -0.4 is 5.32 Å². The molecule has 0 fully saturated rings. The molecule has 0 aliphatic carbocycles. The Balaban J connectivity index is 2.33. The molecule has 0 bridgehead atoms. The Bertz CT molecular complexity index is 296. The second-order valence-corrected chi connectivity index (χ2v) is 4.95. The Morgan fingerprint density at radius 3 is 2.87 bits per heavy atom. The van der Waals surface area contributed by atoms with Crippen molar-refractivity contribution in [3.05, 3.63) is 17.5 Å². The molecule has 1 rings (SSSR count). The molecule has 0 radical (unpaired) electrons. The van der Waals surface area contributed by atoms with Gasteiger partial charge in [-0.1, -0.05) is 0 Å². The van der Waals surface area contributed by atoms with E-state index in [-0.39, 0.29) is 0 Å². The van der Waals surface area contributed by atoms with Gasteiger partial charge in [0.2, 0.25) is 0 Å². The summed E-state index contributed by atoms with van der Waals surface area (Å²) < 4.78 is 1.95. The van der Waals surface area contributed by atoms with Gasteiger partial charge in [0.15, 0.2) is 0 Å². The van der Waals surface area contributed by atoms with Crippen molar-refractivity contribution in [3.63, 3.8) is 0 Å². The smallest absolute Gasteiger partial charge is 0.0597 e. The molecule has 4 heteroatoms. The number of rotatable bonds is 6. The van der Waals surface area contributed by atoms with Gasteiger partial charge in [-0.25, -0.2) is 0 Å². The fourth-order valence-corrected chi connectivity index (χ4v) is 2.09. The SMILES string of the molecule is CSCCC(C)NCc1cc(C)nn1C. The van der Waals surface area contributed by atoms with Gasteiger partial charge in [-0.15, -0.1) is 0 Å². The fourth-order valence-electron chi connectivity index (χ4n) is 1.51. The van der Waals surface area contributed by atoms with Gasteiger partial charge in [-0.2, -0.15) is 16.9 Å². The van der Waals surface area contributed by atoms with Crippen molar-refractivity contribution in [1.82, 2.24) is 15.1 Å². The molecule has 0 saturated carbocycles. The number of nitrogens with one attached hydrogen (secondary N) is 1. The molecule has 3 nitrogen and oxygen atoms in total. The highest BCUT2D eigenvalue weighted by molar-refractivity contribution is 7.98. The number of aryl methyl sites for hydroxylation is 2. The molecule has 0 amide bonds. The van der Waals surface area contributed by atoms with E-state index in [0.717, 1.165) is 12.2 Å². The largest absolute Gasteiger partial charge is 0.309 e. The minimum atomic E-state index is 0.577. The van der Waals surface area contributed by atoms with Crippen LogP contribution in [0.3, 0.4) is 0 Å². The van der Waals surface area contributed by atoms with Crippen molar-refractivity contribution in [1.29, 1.82) is 0 Å². The third-order valence-electron chi connectivity index (χ3n) is 2.49. The molecule has 1 heterocycles. The van der Waals surface area contributed by atoms with Crippen molar-refractivity contribution in [3.8, 4) is 0 Å². The zero-order valence-corrected chi connectivity index (χ0v) is 10.9. The van der Waals surface area contributed by atoms with Crippen molar-refractivity contribution in [2.45, 2.75) is 32.9 Å². The molecule has 86 valence electrons. The van der Waals surface area contributed by atoms with Crippen LogP contribution in [0.4, 0.5) is 0 Å². The fraction of sp³-hybridized carbons (Fsp3) is 0.727. The first-order chi connectivity index (χ1) is 7.13. The number of hydrogen-bond donors (Lipinski definition) is 1. The van der Waals surface area contributed by atoms with Gasteiger partial charge in [-0.3, -0.25) is 4.68 Å². The van der Waals surface area contributed by atoms with Crippen LogP contribution >= 0.6 is 11.8 Å². The van der Waals surface area contributed by atoms with E-state index in [1.165, 1.54) is 17.9 Å². The Morgan fingerprint density at radius 1 is 1.60 bits per heavy atom. The van der Waals surface area contributed by atoms with Gasteiger partial charge < -0.3 is 5.32 Å². The van der Waals surface area contributed by atoms with E-state index in [1.54, 1.807) is 0 Å². The van der Waals surface area contributed by atoms with Gasteiger partial charge >= 0.3 is 0 Å². The second kappa shape index (κ2) is 6.18. The maximum absolute atomic E-state index is 4.32. The molecule has 1 unspecified atom stereocenters. The number of thioether (sulfide) groups is 1. The first-order valence-electron chi connectivity index (χ1n) is 5.35. The third-order valence-corrected chi connectivity index (χ3v) is 3.13. The van der Waals surface area contributed by atoms with E-state index >= 15 is 0 Å². The highest BCUT2D eigenvalue weighted by atomic mass is 32.2. The number of hydrogen-bond acceptors (Lipinski definition) is 3. The summed E-state index contributed by atoms with van der Waals surface area (Å²) in [6.45, 7) is 5.17. The van der Waals surface area contributed by atoms with Crippen LogP contribution in [0.1, 0.15) is 24.7 Å². The van der Waals surface area contributed by atoms with E-state index in [4.69, 9.17) is 0 Å². The van der Waals surface area contributed by atoms with Gasteiger partial charge in [-0.05, 0) is 38.3 Å². The van der Waals surface area contributed by atoms with Crippen LogP contribution in [-0.4, -0.2) is 27.8 Å². The Hall–Kier alpha value is -0.480. The second-order valence-electron chi connectivity index (χ2n) is 3.96. The lowest BCUT2D eigenvalue weighted by Gasteiger charge is -2.12. The van der Waals surface area contributed by atoms with Crippen LogP contribution in [-0.2, 0) is 13.6 Å². The number of aromatic nitrogens is 2. The lowest BCUT2D eigenvalue weighted by atomic mass is 10.2. The highest BCUT2D eigenvalue weighted by Crippen LogP contribution is 2.04. The van der Waals surface area contributed by atoms with Crippen molar-refractivity contribution in [2.75, 3.05) is 12.0 Å². The van der Waals surface area contributed by atoms with Gasteiger partial charge in [0.1, 0.15) is 0 Å². The molecule has 1 atom stereocenters. The molecule has 0 spiro atoms. The molecule has 1 aromatic rings. The van der Waals surface area contributed by atoms with Gasteiger partial charge in [0.25, 0.3) is 0 Å². The highest BCUT2D eigenvalue weighted by Gasteiger charge is 2.04. The number of nitrogens with zero attached hydrogens (tertiary/aromatic N) is 2. The first-order valence-corrected chi connectivity index (χ1v) is 6.74. The minimum Gasteiger partial charge on any atom is -0.309 e. The van der Waals surface area contributed by atoms with Crippen LogP contribution in [0, 0.1) is 6.92 Å². The average molecular weight is 227 g/mol. The molecule has 0 aliphatic heterocycles. The Morgan fingerprint density at radius 2 is 2.33 bits per heavy atom. The van der Waals surface area contributed by atoms with Crippen molar-refractivity contribution in [2.24, 2.45) is 7.05 Å². The minimum absolute atomic E-state index is 0.577. The normalized spacial score (nSPS) is 13.1. The van der Waals surface area contributed by atoms with Crippen molar-refractivity contribution >= 4 is 11.8 Å². The lowest BCUT2D eigenvalue weighted by molar-refractivity contribution is 0.519. The average Bonchev–Trinajstić information content (AvgIpc) is 2.51. The standard InChI is InChI=1S/C11H21N3S/c1-9(5-6-15-4)12-8-11-7-10(2)13-14(11)3/h7,9,12H,5-6,8H2,1-4H3. The molecule has 0 aliphatic rings. The molecular formula is C11H21N3S. The predicted molar refractivity (Wildman–Crippen MR) is 67.2 cm³/mol. The zero-order chi connectivity index (χ0) is 11.3. The molecule has 0 saturated heterocycles. The molecule has 0 aromatic carbocycles.